The largest absolute Gasteiger partial charge is 0.506 e. The second-order valence-corrected chi connectivity index (χ2v) is 5.26. The van der Waals surface area contributed by atoms with Crippen molar-refractivity contribution in [2.75, 3.05) is 11.1 Å². The lowest BCUT2D eigenvalue weighted by Crippen LogP contribution is -2.23. The number of aliphatic carboxylic acids is 1. The van der Waals surface area contributed by atoms with Crippen molar-refractivity contribution in [1.29, 1.82) is 0 Å². The summed E-state index contributed by atoms with van der Waals surface area (Å²) in [6.45, 7) is 0. The van der Waals surface area contributed by atoms with E-state index in [0.29, 0.717) is 0 Å². The SMILES string of the molecule is Nc1c(O)ccc2c1S(O)(O)N=C(CC(=O)O)N2. The third-order valence-electron chi connectivity index (χ3n) is 2.28. The summed E-state index contributed by atoms with van der Waals surface area (Å²) in [4.78, 5) is 10.4. The van der Waals surface area contributed by atoms with Crippen molar-refractivity contribution >= 4 is 34.0 Å². The predicted molar refractivity (Wildman–Crippen MR) is 66.9 cm³/mol. The van der Waals surface area contributed by atoms with Gasteiger partial charge >= 0.3 is 5.97 Å². The summed E-state index contributed by atoms with van der Waals surface area (Å²) in [5.41, 5.74) is 5.57. The number of anilines is 2. The quantitative estimate of drug-likeness (QED) is 0.270. The lowest BCUT2D eigenvalue weighted by Gasteiger charge is -2.34. The fourth-order valence-electron chi connectivity index (χ4n) is 1.58. The third-order valence-corrected chi connectivity index (χ3v) is 3.74. The fraction of sp³-hybridized carbons (Fsp3) is 0.111. The van der Waals surface area contributed by atoms with Gasteiger partial charge in [-0.2, -0.15) is 0 Å². The Morgan fingerprint density at radius 2 is 2.11 bits per heavy atom. The highest BCUT2D eigenvalue weighted by atomic mass is 32.3. The number of nitrogens with zero attached hydrogens (tertiary/aromatic N) is 1. The minimum absolute atomic E-state index is 0.0833. The van der Waals surface area contributed by atoms with Gasteiger partial charge in [-0.3, -0.25) is 13.9 Å². The van der Waals surface area contributed by atoms with Crippen LogP contribution in [-0.4, -0.2) is 31.1 Å². The van der Waals surface area contributed by atoms with Crippen LogP contribution in [0.25, 0.3) is 0 Å². The van der Waals surface area contributed by atoms with Gasteiger partial charge in [0.1, 0.15) is 28.6 Å². The number of nitrogens with one attached hydrogen (secondary N) is 1. The highest BCUT2D eigenvalue weighted by Gasteiger charge is 2.30. The maximum absolute atomic E-state index is 10.6. The number of benzene rings is 1. The Labute approximate surface area is 103 Å². The van der Waals surface area contributed by atoms with E-state index in [9.17, 15) is 19.0 Å². The first-order valence-corrected chi connectivity index (χ1v) is 6.29. The average molecular weight is 273 g/mol. The number of fused-ring (bicyclic) bond motifs is 1. The third kappa shape index (κ3) is 2.06. The van der Waals surface area contributed by atoms with Gasteiger partial charge in [-0.05, 0) is 12.1 Å². The number of carboxylic acid groups (broad SMARTS) is 1. The molecule has 0 spiro atoms. The van der Waals surface area contributed by atoms with Gasteiger partial charge in [-0.25, -0.2) is 0 Å². The standard InChI is InChI=1S/C9H11N3O5S/c10-8-5(13)2-1-4-9(8)18(16,17)12-6(11-4)3-7(14)15/h1-2,13,16-17H,3,10H2,(H,11,12)(H,14,15). The maximum atomic E-state index is 10.6. The van der Waals surface area contributed by atoms with Crippen molar-refractivity contribution in [3.05, 3.63) is 12.1 Å². The first kappa shape index (κ1) is 12.5. The highest BCUT2D eigenvalue weighted by Crippen LogP contribution is 2.59. The van der Waals surface area contributed by atoms with Crippen LogP contribution in [0.4, 0.5) is 11.4 Å². The molecule has 0 amide bonds. The van der Waals surface area contributed by atoms with E-state index < -0.39 is 23.2 Å². The van der Waals surface area contributed by atoms with E-state index in [0.717, 1.165) is 0 Å². The number of phenolic OH excluding ortho intramolecular Hbond substituents is 1. The summed E-state index contributed by atoms with van der Waals surface area (Å²) >= 11 is 0. The summed E-state index contributed by atoms with van der Waals surface area (Å²) in [5.74, 6) is -1.54. The van der Waals surface area contributed by atoms with Gasteiger partial charge in [0, 0.05) is 0 Å². The minimum Gasteiger partial charge on any atom is -0.506 e. The van der Waals surface area contributed by atoms with Crippen LogP contribution in [0.2, 0.25) is 0 Å². The van der Waals surface area contributed by atoms with Gasteiger partial charge in [0.25, 0.3) is 0 Å². The molecule has 0 saturated carbocycles. The molecule has 9 heteroatoms. The van der Waals surface area contributed by atoms with Gasteiger partial charge in [0.15, 0.2) is 0 Å². The summed E-state index contributed by atoms with van der Waals surface area (Å²) in [6, 6.07) is 2.63. The highest BCUT2D eigenvalue weighted by molar-refractivity contribution is 8.23. The second-order valence-electron chi connectivity index (χ2n) is 3.63. The molecule has 0 aliphatic carbocycles. The predicted octanol–water partition coefficient (Wildman–Crippen LogP) is 1.30. The minimum atomic E-state index is -3.61. The Kier molecular flexibility index (Phi) is 2.81. The topological polar surface area (TPSA) is 148 Å². The zero-order valence-electron chi connectivity index (χ0n) is 8.99. The van der Waals surface area contributed by atoms with Crippen molar-refractivity contribution in [1.82, 2.24) is 0 Å². The van der Waals surface area contributed by atoms with E-state index in [4.69, 9.17) is 10.8 Å². The molecule has 8 nitrogen and oxygen atoms in total. The first-order chi connectivity index (χ1) is 8.31. The number of carboxylic acids is 1. The molecular formula is C9H11N3O5S. The smallest absolute Gasteiger partial charge is 0.311 e. The summed E-state index contributed by atoms with van der Waals surface area (Å²) in [5, 5.41) is 20.7. The van der Waals surface area contributed by atoms with Gasteiger partial charge in [-0.15, -0.1) is 4.40 Å². The van der Waals surface area contributed by atoms with Crippen LogP contribution >= 0.6 is 10.8 Å². The van der Waals surface area contributed by atoms with E-state index >= 15 is 0 Å². The molecule has 0 radical (unpaired) electrons. The van der Waals surface area contributed by atoms with Crippen LogP contribution < -0.4 is 11.1 Å². The van der Waals surface area contributed by atoms with Crippen molar-refractivity contribution in [2.24, 2.45) is 4.40 Å². The van der Waals surface area contributed by atoms with Crippen molar-refractivity contribution < 1.29 is 24.1 Å². The number of hydrogen-bond donors (Lipinski definition) is 6. The Balaban J connectivity index is 2.51. The Hall–Kier alpha value is -1.97. The van der Waals surface area contributed by atoms with Gasteiger partial charge in [0.05, 0.1) is 5.69 Å². The zero-order chi connectivity index (χ0) is 13.5. The van der Waals surface area contributed by atoms with E-state index in [1.54, 1.807) is 0 Å². The molecule has 1 aliphatic heterocycles. The lowest BCUT2D eigenvalue weighted by atomic mass is 10.2. The molecule has 7 N–H and O–H groups in total. The molecular weight excluding hydrogens is 262 g/mol. The number of amidine groups is 1. The van der Waals surface area contributed by atoms with Crippen molar-refractivity contribution in [2.45, 2.75) is 11.3 Å². The van der Waals surface area contributed by atoms with E-state index in [-0.39, 0.29) is 27.9 Å². The van der Waals surface area contributed by atoms with Crippen LogP contribution in [0.15, 0.2) is 21.4 Å². The molecule has 1 aliphatic rings. The van der Waals surface area contributed by atoms with Crippen LogP contribution in [0.5, 0.6) is 5.75 Å². The van der Waals surface area contributed by atoms with Crippen LogP contribution in [-0.2, 0) is 4.79 Å². The van der Waals surface area contributed by atoms with Gasteiger partial charge in [0.2, 0.25) is 0 Å². The number of phenols is 1. The number of aromatic hydroxyl groups is 1. The molecule has 0 unspecified atom stereocenters. The molecule has 18 heavy (non-hydrogen) atoms. The summed E-state index contributed by atoms with van der Waals surface area (Å²) < 4.78 is 23.2. The van der Waals surface area contributed by atoms with Crippen LogP contribution in [0.3, 0.4) is 0 Å². The lowest BCUT2D eigenvalue weighted by molar-refractivity contribution is -0.135. The van der Waals surface area contributed by atoms with Crippen LogP contribution in [0, 0.1) is 0 Å². The maximum Gasteiger partial charge on any atom is 0.311 e. The Morgan fingerprint density at radius 3 is 2.72 bits per heavy atom. The molecule has 0 aromatic heterocycles. The van der Waals surface area contributed by atoms with Crippen molar-refractivity contribution in [3.8, 4) is 5.75 Å². The number of rotatable bonds is 2. The summed E-state index contributed by atoms with van der Waals surface area (Å²) in [7, 11) is -3.61. The Bertz CT molecular complexity index is 557. The van der Waals surface area contributed by atoms with Crippen molar-refractivity contribution in [3.63, 3.8) is 0 Å². The molecule has 98 valence electrons. The molecule has 1 aromatic carbocycles. The average Bonchev–Trinajstić information content (AvgIpc) is 2.20. The number of carbonyl (C=O) groups is 1. The molecule has 2 rings (SSSR count). The molecule has 0 atom stereocenters. The van der Waals surface area contributed by atoms with Crippen LogP contribution in [0.1, 0.15) is 6.42 Å². The van der Waals surface area contributed by atoms with E-state index in [2.05, 4.69) is 9.71 Å². The molecule has 0 fully saturated rings. The summed E-state index contributed by atoms with van der Waals surface area (Å²) in [6.07, 6.45) is -0.476. The fourth-order valence-corrected chi connectivity index (χ4v) is 2.90. The molecule has 0 saturated heterocycles. The number of hydrogen-bond acceptors (Lipinski definition) is 7. The number of nitrogens with two attached hydrogens (primary N) is 1. The van der Waals surface area contributed by atoms with E-state index in [1.807, 2.05) is 0 Å². The van der Waals surface area contributed by atoms with E-state index in [1.165, 1.54) is 12.1 Å². The second kappa shape index (κ2) is 4.05. The Morgan fingerprint density at radius 1 is 1.44 bits per heavy atom. The van der Waals surface area contributed by atoms with Gasteiger partial charge < -0.3 is 21.3 Å². The number of nitrogen functional groups attached to an aromatic ring is 1. The first-order valence-electron chi connectivity index (χ1n) is 4.78. The van der Waals surface area contributed by atoms with Gasteiger partial charge in [-0.1, -0.05) is 10.8 Å². The molecule has 1 aromatic rings. The molecule has 0 bridgehead atoms. The monoisotopic (exact) mass is 273 g/mol. The zero-order valence-corrected chi connectivity index (χ0v) is 9.81. The normalized spacial score (nSPS) is 18.2. The molecule has 1 heterocycles.